The van der Waals surface area contributed by atoms with Crippen molar-refractivity contribution in [3.8, 4) is 0 Å². The predicted molar refractivity (Wildman–Crippen MR) is 120 cm³/mol. The second-order valence-corrected chi connectivity index (χ2v) is 8.19. The Morgan fingerprint density at radius 2 is 1.58 bits per heavy atom. The molecule has 0 unspecified atom stereocenters. The molecule has 3 rings (SSSR count). The first-order chi connectivity index (χ1) is 14.6. The van der Waals surface area contributed by atoms with E-state index >= 15 is 0 Å². The number of nitrogens with two attached hydrogens (primary N) is 1. The van der Waals surface area contributed by atoms with Crippen LogP contribution in [0.5, 0.6) is 0 Å². The Labute approximate surface area is 180 Å². The van der Waals surface area contributed by atoms with Gasteiger partial charge in [-0.15, -0.1) is 0 Å². The number of carbonyl (C=O) groups excluding carboxylic acids is 2. The molecule has 0 heterocycles. The number of amides is 1. The second-order valence-electron chi connectivity index (χ2n) is 8.19. The zero-order chi connectivity index (χ0) is 22.8. The summed E-state index contributed by atoms with van der Waals surface area (Å²) in [5.41, 5.74) is 7.99. The van der Waals surface area contributed by atoms with Crippen molar-refractivity contribution in [2.75, 3.05) is 11.1 Å². The van der Waals surface area contributed by atoms with E-state index in [0.717, 1.165) is 5.56 Å². The molecule has 0 aromatic heterocycles. The summed E-state index contributed by atoms with van der Waals surface area (Å²) in [5, 5.41) is 13.8. The lowest BCUT2D eigenvalue weighted by Crippen LogP contribution is -2.17. The number of nitro groups is 1. The van der Waals surface area contributed by atoms with Gasteiger partial charge in [-0.2, -0.15) is 0 Å². The maximum atomic E-state index is 13.0. The van der Waals surface area contributed by atoms with Gasteiger partial charge in [-0.3, -0.25) is 19.7 Å². The van der Waals surface area contributed by atoms with E-state index in [4.69, 9.17) is 5.73 Å². The van der Waals surface area contributed by atoms with Gasteiger partial charge in [0.2, 0.25) is 0 Å². The summed E-state index contributed by atoms with van der Waals surface area (Å²) in [6, 6.07) is 17.3. The number of non-ortho nitro benzene ring substituents is 1. The fraction of sp³-hybridized carbons (Fsp3) is 0.167. The third kappa shape index (κ3) is 4.78. The molecular weight excluding hydrogens is 394 g/mol. The quantitative estimate of drug-likeness (QED) is 0.263. The molecule has 3 aromatic carbocycles. The molecule has 0 aliphatic carbocycles. The highest BCUT2D eigenvalue weighted by Crippen LogP contribution is 2.28. The van der Waals surface area contributed by atoms with Crippen LogP contribution < -0.4 is 11.1 Å². The van der Waals surface area contributed by atoms with E-state index in [1.54, 1.807) is 24.3 Å². The monoisotopic (exact) mass is 417 g/mol. The van der Waals surface area contributed by atoms with E-state index in [2.05, 4.69) is 26.1 Å². The van der Waals surface area contributed by atoms with Gasteiger partial charge >= 0.3 is 0 Å². The Bertz CT molecular complexity index is 1160. The van der Waals surface area contributed by atoms with Crippen molar-refractivity contribution in [1.29, 1.82) is 0 Å². The number of nitro benzene ring substituents is 1. The second kappa shape index (κ2) is 8.39. The smallest absolute Gasteiger partial charge is 0.270 e. The van der Waals surface area contributed by atoms with Crippen LogP contribution in [0.2, 0.25) is 0 Å². The van der Waals surface area contributed by atoms with Crippen LogP contribution in [0.4, 0.5) is 17.1 Å². The fourth-order valence-electron chi connectivity index (χ4n) is 3.12. The first kappa shape index (κ1) is 21.7. The summed E-state index contributed by atoms with van der Waals surface area (Å²) >= 11 is 0. The van der Waals surface area contributed by atoms with Crippen LogP contribution in [0.15, 0.2) is 66.7 Å². The van der Waals surface area contributed by atoms with Crippen LogP contribution in [0.1, 0.15) is 52.6 Å². The van der Waals surface area contributed by atoms with Crippen molar-refractivity contribution in [3.63, 3.8) is 0 Å². The summed E-state index contributed by atoms with van der Waals surface area (Å²) in [5.74, 6) is -0.888. The topological polar surface area (TPSA) is 115 Å². The number of hydrogen-bond donors (Lipinski definition) is 2. The lowest BCUT2D eigenvalue weighted by atomic mass is 9.86. The first-order valence-corrected chi connectivity index (χ1v) is 9.67. The van der Waals surface area contributed by atoms with Crippen LogP contribution >= 0.6 is 0 Å². The maximum absolute atomic E-state index is 13.0. The van der Waals surface area contributed by atoms with Gasteiger partial charge in [-0.1, -0.05) is 51.1 Å². The minimum Gasteiger partial charge on any atom is -0.397 e. The van der Waals surface area contributed by atoms with Gasteiger partial charge in [-0.25, -0.2) is 0 Å². The molecule has 31 heavy (non-hydrogen) atoms. The molecule has 0 spiro atoms. The number of ketones is 1. The minimum atomic E-state index is -0.569. The van der Waals surface area contributed by atoms with Gasteiger partial charge in [0.15, 0.2) is 5.78 Å². The Kier molecular flexibility index (Phi) is 5.88. The average Bonchev–Trinajstić information content (AvgIpc) is 2.74. The number of hydrogen-bond acceptors (Lipinski definition) is 5. The molecular formula is C24H23N3O4. The van der Waals surface area contributed by atoms with E-state index < -0.39 is 16.6 Å². The van der Waals surface area contributed by atoms with E-state index in [1.165, 1.54) is 30.3 Å². The number of nitrogens with one attached hydrogen (secondary N) is 1. The number of para-hydroxylation sites is 1. The van der Waals surface area contributed by atoms with Crippen molar-refractivity contribution in [2.24, 2.45) is 0 Å². The van der Waals surface area contributed by atoms with E-state index in [1.807, 2.05) is 12.1 Å². The Morgan fingerprint density at radius 3 is 2.19 bits per heavy atom. The zero-order valence-corrected chi connectivity index (χ0v) is 17.5. The standard InChI is InChI=1S/C24H23N3O4/c1-24(2,3)17-12-10-15(11-13-17)23(29)26-21-19(8-5-9-20(21)25)22(28)16-6-4-7-18(14-16)27(30)31/h4-14H,25H2,1-3H3,(H,26,29). The molecule has 0 saturated carbocycles. The third-order valence-corrected chi connectivity index (χ3v) is 4.91. The molecule has 3 N–H and O–H groups in total. The zero-order valence-electron chi connectivity index (χ0n) is 17.5. The molecule has 0 radical (unpaired) electrons. The minimum absolute atomic E-state index is 0.0449. The normalized spacial score (nSPS) is 11.1. The molecule has 7 nitrogen and oxygen atoms in total. The molecule has 7 heteroatoms. The highest BCUT2D eigenvalue weighted by atomic mass is 16.6. The van der Waals surface area contributed by atoms with E-state index in [-0.39, 0.29) is 33.6 Å². The van der Waals surface area contributed by atoms with Gasteiger partial charge in [0.25, 0.3) is 11.6 Å². The molecule has 3 aromatic rings. The molecule has 0 saturated heterocycles. The van der Waals surface area contributed by atoms with Crippen molar-refractivity contribution >= 4 is 28.8 Å². The number of nitrogen functional groups attached to an aromatic ring is 1. The van der Waals surface area contributed by atoms with Crippen molar-refractivity contribution in [1.82, 2.24) is 0 Å². The fourth-order valence-corrected chi connectivity index (χ4v) is 3.12. The lowest BCUT2D eigenvalue weighted by Gasteiger charge is -2.19. The Morgan fingerprint density at radius 1 is 0.935 bits per heavy atom. The molecule has 0 fully saturated rings. The highest BCUT2D eigenvalue weighted by Gasteiger charge is 2.20. The van der Waals surface area contributed by atoms with Crippen molar-refractivity contribution < 1.29 is 14.5 Å². The molecule has 0 bridgehead atoms. The van der Waals surface area contributed by atoms with E-state index in [9.17, 15) is 19.7 Å². The number of carbonyl (C=O) groups is 2. The van der Waals surface area contributed by atoms with Crippen LogP contribution in [0.25, 0.3) is 0 Å². The summed E-state index contributed by atoms with van der Waals surface area (Å²) < 4.78 is 0. The highest BCUT2D eigenvalue weighted by molar-refractivity contribution is 6.17. The summed E-state index contributed by atoms with van der Waals surface area (Å²) in [6.45, 7) is 6.25. The molecule has 0 aliphatic heterocycles. The summed E-state index contributed by atoms with van der Waals surface area (Å²) in [6.07, 6.45) is 0. The van der Waals surface area contributed by atoms with Crippen LogP contribution in [-0.2, 0) is 5.41 Å². The number of rotatable bonds is 5. The average molecular weight is 417 g/mol. The number of anilines is 2. The summed E-state index contributed by atoms with van der Waals surface area (Å²) in [7, 11) is 0. The van der Waals surface area contributed by atoms with Crippen molar-refractivity contribution in [2.45, 2.75) is 26.2 Å². The van der Waals surface area contributed by atoms with E-state index in [0.29, 0.717) is 5.56 Å². The van der Waals surface area contributed by atoms with Crippen LogP contribution in [-0.4, -0.2) is 16.6 Å². The van der Waals surface area contributed by atoms with Crippen LogP contribution in [0, 0.1) is 10.1 Å². The third-order valence-electron chi connectivity index (χ3n) is 4.91. The molecule has 158 valence electrons. The first-order valence-electron chi connectivity index (χ1n) is 9.67. The number of nitrogens with zero attached hydrogens (tertiary/aromatic N) is 1. The van der Waals surface area contributed by atoms with Gasteiger partial charge < -0.3 is 11.1 Å². The van der Waals surface area contributed by atoms with Gasteiger partial charge in [0.1, 0.15) is 0 Å². The predicted octanol–water partition coefficient (Wildman–Crippen LogP) is 4.96. The summed E-state index contributed by atoms with van der Waals surface area (Å²) in [4.78, 5) is 36.3. The Balaban J connectivity index is 1.93. The SMILES string of the molecule is CC(C)(C)c1ccc(C(=O)Nc2c(N)cccc2C(=O)c2cccc([N+](=O)[O-])c2)cc1. The van der Waals surface area contributed by atoms with Crippen LogP contribution in [0.3, 0.4) is 0 Å². The van der Waals surface area contributed by atoms with Gasteiger partial charge in [0, 0.05) is 28.8 Å². The number of benzene rings is 3. The maximum Gasteiger partial charge on any atom is 0.270 e. The Hall–Kier alpha value is -4.00. The van der Waals surface area contributed by atoms with Crippen molar-refractivity contribution in [3.05, 3.63) is 99.1 Å². The molecule has 1 amide bonds. The largest absolute Gasteiger partial charge is 0.397 e. The van der Waals surface area contributed by atoms with Gasteiger partial charge in [-0.05, 0) is 35.2 Å². The molecule has 0 atom stereocenters. The molecule has 0 aliphatic rings. The van der Waals surface area contributed by atoms with Gasteiger partial charge in [0.05, 0.1) is 16.3 Å². The lowest BCUT2D eigenvalue weighted by molar-refractivity contribution is -0.384.